The predicted molar refractivity (Wildman–Crippen MR) is 59.6 cm³/mol. The van der Waals surface area contributed by atoms with Gasteiger partial charge in [-0.25, -0.2) is 4.39 Å². The summed E-state index contributed by atoms with van der Waals surface area (Å²) in [4.78, 5) is 0. The summed E-state index contributed by atoms with van der Waals surface area (Å²) in [6.07, 6.45) is 0. The van der Waals surface area contributed by atoms with Gasteiger partial charge >= 0.3 is 0 Å². The van der Waals surface area contributed by atoms with Gasteiger partial charge in [0.2, 0.25) is 0 Å². The third-order valence-electron chi connectivity index (χ3n) is 2.14. The van der Waals surface area contributed by atoms with Crippen LogP contribution >= 0.6 is 0 Å². The third-order valence-corrected chi connectivity index (χ3v) is 2.14. The van der Waals surface area contributed by atoms with E-state index in [0.29, 0.717) is 12.3 Å². The molecule has 1 atom stereocenters. The van der Waals surface area contributed by atoms with Gasteiger partial charge in [-0.2, -0.15) is 5.26 Å². The quantitative estimate of drug-likeness (QED) is 0.829. The van der Waals surface area contributed by atoms with Crippen molar-refractivity contribution in [2.45, 2.75) is 19.4 Å². The van der Waals surface area contributed by atoms with Crippen molar-refractivity contribution in [2.24, 2.45) is 0 Å². The normalized spacial score (nSPS) is 13.9. The van der Waals surface area contributed by atoms with Gasteiger partial charge in [-0.05, 0) is 25.6 Å². The Morgan fingerprint density at radius 2 is 2.31 bits per heavy atom. The van der Waals surface area contributed by atoms with E-state index in [0.717, 1.165) is 0 Å². The molecule has 0 fully saturated rings. The lowest BCUT2D eigenvalue weighted by molar-refractivity contribution is 0.235. The van der Waals surface area contributed by atoms with Gasteiger partial charge in [-0.15, -0.1) is 0 Å². The highest BCUT2D eigenvalue weighted by molar-refractivity contribution is 5.23. The van der Waals surface area contributed by atoms with Crippen molar-refractivity contribution in [3.63, 3.8) is 0 Å². The molecule has 3 nitrogen and oxygen atoms in total. The standard InChI is InChI=1S/C12H15FN2O/c1-3-15-12(2,8-14)9-16-11-6-4-5-10(13)7-11/h4-7,15H,3,9H2,1-2H3. The van der Waals surface area contributed by atoms with E-state index < -0.39 is 5.54 Å². The number of halogens is 1. The second kappa shape index (κ2) is 5.47. The van der Waals surface area contributed by atoms with E-state index in [1.165, 1.54) is 12.1 Å². The molecule has 0 amide bonds. The molecule has 0 aliphatic rings. The number of nitrogens with one attached hydrogen (secondary N) is 1. The van der Waals surface area contributed by atoms with E-state index >= 15 is 0 Å². The molecular formula is C12H15FN2O. The molecule has 0 heterocycles. The second-order valence-electron chi connectivity index (χ2n) is 3.72. The third kappa shape index (κ3) is 3.52. The SMILES string of the molecule is CCNC(C)(C#N)COc1cccc(F)c1. The number of hydrogen-bond donors (Lipinski definition) is 1. The molecule has 1 aromatic carbocycles. The monoisotopic (exact) mass is 222 g/mol. The summed E-state index contributed by atoms with van der Waals surface area (Å²) in [6, 6.07) is 8.01. The molecule has 4 heteroatoms. The number of nitrogens with zero attached hydrogens (tertiary/aromatic N) is 1. The number of nitriles is 1. The lowest BCUT2D eigenvalue weighted by Crippen LogP contribution is -2.46. The summed E-state index contributed by atoms with van der Waals surface area (Å²) in [6.45, 7) is 4.52. The van der Waals surface area contributed by atoms with E-state index in [9.17, 15) is 4.39 Å². The van der Waals surface area contributed by atoms with Gasteiger partial charge in [0.15, 0.2) is 0 Å². The minimum atomic E-state index is -0.749. The van der Waals surface area contributed by atoms with Crippen molar-refractivity contribution in [2.75, 3.05) is 13.2 Å². The van der Waals surface area contributed by atoms with E-state index in [2.05, 4.69) is 11.4 Å². The fraction of sp³-hybridized carbons (Fsp3) is 0.417. The van der Waals surface area contributed by atoms with Crippen molar-refractivity contribution in [1.29, 1.82) is 5.26 Å². The minimum absolute atomic E-state index is 0.181. The van der Waals surface area contributed by atoms with Gasteiger partial charge in [-0.3, -0.25) is 5.32 Å². The van der Waals surface area contributed by atoms with Gasteiger partial charge in [0.1, 0.15) is 23.7 Å². The predicted octanol–water partition coefficient (Wildman–Crippen LogP) is 2.10. The zero-order valence-corrected chi connectivity index (χ0v) is 9.46. The Hall–Kier alpha value is -1.60. The van der Waals surface area contributed by atoms with E-state index in [4.69, 9.17) is 10.00 Å². The van der Waals surface area contributed by atoms with Gasteiger partial charge in [0.25, 0.3) is 0 Å². The number of likely N-dealkylation sites (N-methyl/N-ethyl adjacent to an activating group) is 1. The summed E-state index contributed by atoms with van der Waals surface area (Å²) in [5, 5.41) is 12.0. The molecule has 1 unspecified atom stereocenters. The summed E-state index contributed by atoms with van der Waals surface area (Å²) in [5.41, 5.74) is -0.749. The zero-order chi connectivity index (χ0) is 12.0. The van der Waals surface area contributed by atoms with Crippen LogP contribution in [0.3, 0.4) is 0 Å². The van der Waals surface area contributed by atoms with Gasteiger partial charge in [0.05, 0.1) is 6.07 Å². The molecule has 1 N–H and O–H groups in total. The molecule has 0 aliphatic heterocycles. The first kappa shape index (κ1) is 12.5. The van der Waals surface area contributed by atoms with Crippen LogP contribution in [0.4, 0.5) is 4.39 Å². The molecule has 0 aromatic heterocycles. The smallest absolute Gasteiger partial charge is 0.138 e. The fourth-order valence-electron chi connectivity index (χ4n) is 1.30. The van der Waals surface area contributed by atoms with Gasteiger partial charge in [0, 0.05) is 6.07 Å². The Kier molecular flexibility index (Phi) is 4.27. The largest absolute Gasteiger partial charge is 0.490 e. The molecule has 0 bridgehead atoms. The summed E-state index contributed by atoms with van der Waals surface area (Å²) in [7, 11) is 0. The maximum atomic E-state index is 12.9. The molecule has 0 saturated carbocycles. The second-order valence-corrected chi connectivity index (χ2v) is 3.72. The van der Waals surface area contributed by atoms with Crippen LogP contribution in [0.2, 0.25) is 0 Å². The van der Waals surface area contributed by atoms with Gasteiger partial charge < -0.3 is 4.74 Å². The van der Waals surface area contributed by atoms with Crippen molar-refractivity contribution in [1.82, 2.24) is 5.32 Å². The number of hydrogen-bond acceptors (Lipinski definition) is 3. The highest BCUT2D eigenvalue weighted by Gasteiger charge is 2.23. The maximum absolute atomic E-state index is 12.9. The average Bonchev–Trinajstić information content (AvgIpc) is 2.27. The van der Waals surface area contributed by atoms with Crippen LogP contribution in [0.25, 0.3) is 0 Å². The van der Waals surface area contributed by atoms with Crippen LogP contribution in [0.1, 0.15) is 13.8 Å². The Morgan fingerprint density at radius 1 is 1.56 bits per heavy atom. The first-order valence-electron chi connectivity index (χ1n) is 5.14. The Bertz CT molecular complexity index is 389. The van der Waals surface area contributed by atoms with Crippen LogP contribution in [0, 0.1) is 17.1 Å². The van der Waals surface area contributed by atoms with Crippen LogP contribution in [0.5, 0.6) is 5.75 Å². The van der Waals surface area contributed by atoms with Crippen LogP contribution in [0.15, 0.2) is 24.3 Å². The average molecular weight is 222 g/mol. The van der Waals surface area contributed by atoms with Crippen molar-refractivity contribution >= 4 is 0 Å². The van der Waals surface area contributed by atoms with Crippen molar-refractivity contribution in [3.8, 4) is 11.8 Å². The molecule has 0 radical (unpaired) electrons. The highest BCUT2D eigenvalue weighted by atomic mass is 19.1. The van der Waals surface area contributed by atoms with Gasteiger partial charge in [-0.1, -0.05) is 13.0 Å². The first-order chi connectivity index (χ1) is 7.59. The number of rotatable bonds is 5. The number of benzene rings is 1. The minimum Gasteiger partial charge on any atom is -0.490 e. The number of ether oxygens (including phenoxy) is 1. The van der Waals surface area contributed by atoms with Crippen LogP contribution < -0.4 is 10.1 Å². The highest BCUT2D eigenvalue weighted by Crippen LogP contribution is 2.14. The Labute approximate surface area is 94.8 Å². The van der Waals surface area contributed by atoms with Crippen LogP contribution in [-0.4, -0.2) is 18.7 Å². The maximum Gasteiger partial charge on any atom is 0.138 e. The van der Waals surface area contributed by atoms with E-state index in [-0.39, 0.29) is 12.4 Å². The molecule has 16 heavy (non-hydrogen) atoms. The molecular weight excluding hydrogens is 207 g/mol. The summed E-state index contributed by atoms with van der Waals surface area (Å²) < 4.78 is 18.2. The molecule has 1 rings (SSSR count). The van der Waals surface area contributed by atoms with E-state index in [1.54, 1.807) is 19.1 Å². The zero-order valence-electron chi connectivity index (χ0n) is 9.46. The molecule has 1 aromatic rings. The topological polar surface area (TPSA) is 45.0 Å². The molecule has 0 spiro atoms. The Morgan fingerprint density at radius 3 is 2.88 bits per heavy atom. The summed E-state index contributed by atoms with van der Waals surface area (Å²) >= 11 is 0. The molecule has 0 aliphatic carbocycles. The molecule has 0 saturated heterocycles. The Balaban J connectivity index is 2.60. The molecule has 86 valence electrons. The van der Waals surface area contributed by atoms with E-state index in [1.807, 2.05) is 6.92 Å². The fourth-order valence-corrected chi connectivity index (χ4v) is 1.30. The van der Waals surface area contributed by atoms with Crippen molar-refractivity contribution < 1.29 is 9.13 Å². The lowest BCUT2D eigenvalue weighted by atomic mass is 10.1. The summed E-state index contributed by atoms with van der Waals surface area (Å²) in [5.74, 6) is 0.0824. The first-order valence-corrected chi connectivity index (χ1v) is 5.14. The lowest BCUT2D eigenvalue weighted by Gasteiger charge is -2.22. The van der Waals surface area contributed by atoms with Crippen LogP contribution in [-0.2, 0) is 0 Å². The van der Waals surface area contributed by atoms with Crippen molar-refractivity contribution in [3.05, 3.63) is 30.1 Å².